The zero-order chi connectivity index (χ0) is 16.6. The largest absolute Gasteiger partial charge is 0.307 e. The van der Waals surface area contributed by atoms with Crippen molar-refractivity contribution >= 4 is 11.3 Å². The molecule has 0 radical (unpaired) electrons. The van der Waals surface area contributed by atoms with Crippen molar-refractivity contribution in [2.75, 3.05) is 13.1 Å². The first-order valence-corrected chi connectivity index (χ1v) is 9.62. The molecule has 5 heterocycles. The van der Waals surface area contributed by atoms with Gasteiger partial charge in [-0.25, -0.2) is 4.98 Å². The van der Waals surface area contributed by atoms with E-state index >= 15 is 0 Å². The SMILES string of the molecule is c1cc(-c2ccc(C3[C@@H]4CN(Cc5nccs5)C[C@H]3N4)cc2)ccn1. The van der Waals surface area contributed by atoms with Gasteiger partial charge in [0.05, 0.1) is 6.54 Å². The van der Waals surface area contributed by atoms with E-state index in [0.717, 1.165) is 19.6 Å². The first kappa shape index (κ1) is 15.2. The molecule has 3 aliphatic rings. The van der Waals surface area contributed by atoms with Gasteiger partial charge in [-0.1, -0.05) is 24.3 Å². The molecule has 4 nitrogen and oxygen atoms in total. The molecule has 2 bridgehead atoms. The average Bonchev–Trinajstić information content (AvgIpc) is 3.16. The van der Waals surface area contributed by atoms with Crippen LogP contribution >= 0.6 is 11.3 Å². The van der Waals surface area contributed by atoms with Crippen LogP contribution in [0.15, 0.2) is 60.4 Å². The molecule has 1 N–H and O–H groups in total. The van der Waals surface area contributed by atoms with Crippen LogP contribution in [0.1, 0.15) is 16.5 Å². The summed E-state index contributed by atoms with van der Waals surface area (Å²) in [4.78, 5) is 11.0. The zero-order valence-electron chi connectivity index (χ0n) is 13.9. The molecule has 126 valence electrons. The quantitative estimate of drug-likeness (QED) is 0.786. The minimum atomic E-state index is 0.561. The van der Waals surface area contributed by atoms with Crippen molar-refractivity contribution in [2.24, 2.45) is 0 Å². The predicted octanol–water partition coefficient (Wildman–Crippen LogP) is 3.14. The average molecular weight is 348 g/mol. The van der Waals surface area contributed by atoms with Crippen molar-refractivity contribution in [2.45, 2.75) is 24.5 Å². The van der Waals surface area contributed by atoms with E-state index in [1.807, 2.05) is 18.6 Å². The first-order valence-electron chi connectivity index (χ1n) is 8.74. The number of piperidine rings is 1. The number of nitrogens with one attached hydrogen (secondary N) is 1. The molecule has 3 aliphatic heterocycles. The summed E-state index contributed by atoms with van der Waals surface area (Å²) in [6.07, 6.45) is 5.59. The normalized spacial score (nSPS) is 25.5. The lowest BCUT2D eigenvalue weighted by Crippen LogP contribution is -2.71. The van der Waals surface area contributed by atoms with Crippen molar-refractivity contribution in [3.05, 3.63) is 70.9 Å². The highest BCUT2D eigenvalue weighted by molar-refractivity contribution is 7.09. The van der Waals surface area contributed by atoms with Gasteiger partial charge < -0.3 is 5.32 Å². The van der Waals surface area contributed by atoms with Gasteiger partial charge in [0.2, 0.25) is 0 Å². The molecule has 0 amide bonds. The second kappa shape index (κ2) is 6.33. The highest BCUT2D eigenvalue weighted by atomic mass is 32.1. The van der Waals surface area contributed by atoms with Gasteiger partial charge in [0, 0.05) is 55.1 Å². The molecule has 0 spiro atoms. The molecule has 2 aromatic heterocycles. The lowest BCUT2D eigenvalue weighted by molar-refractivity contribution is 0.0470. The number of aromatic nitrogens is 2. The van der Waals surface area contributed by atoms with Gasteiger partial charge in [-0.3, -0.25) is 9.88 Å². The van der Waals surface area contributed by atoms with Gasteiger partial charge in [0.15, 0.2) is 0 Å². The minimum Gasteiger partial charge on any atom is -0.307 e. The Bertz CT molecular complexity index is 820. The number of rotatable bonds is 4. The molecule has 0 saturated carbocycles. The third-order valence-corrected chi connectivity index (χ3v) is 6.12. The lowest BCUT2D eigenvalue weighted by atomic mass is 9.74. The second-order valence-corrected chi connectivity index (χ2v) is 7.86. The van der Waals surface area contributed by atoms with E-state index in [0.29, 0.717) is 18.0 Å². The molecule has 5 heteroatoms. The maximum absolute atomic E-state index is 4.42. The maximum Gasteiger partial charge on any atom is 0.107 e. The monoisotopic (exact) mass is 348 g/mol. The number of pyridine rings is 1. The fourth-order valence-electron chi connectivity index (χ4n) is 4.17. The summed E-state index contributed by atoms with van der Waals surface area (Å²) in [5.41, 5.74) is 3.94. The van der Waals surface area contributed by atoms with Crippen LogP contribution in [0.25, 0.3) is 11.1 Å². The van der Waals surface area contributed by atoms with E-state index in [4.69, 9.17) is 0 Å². The molecule has 1 unspecified atom stereocenters. The number of fused-ring (bicyclic) bond motifs is 2. The number of thiazole rings is 1. The summed E-state index contributed by atoms with van der Waals surface area (Å²) in [7, 11) is 0. The van der Waals surface area contributed by atoms with Crippen molar-refractivity contribution in [1.82, 2.24) is 20.2 Å². The Morgan fingerprint density at radius 1 is 0.960 bits per heavy atom. The Morgan fingerprint density at radius 2 is 1.68 bits per heavy atom. The standard InChI is InChI=1S/C20H20N4S/c1-3-16(4-2-14(1)15-5-7-21-8-6-15)20-17-11-24(12-18(20)23-17)13-19-22-9-10-25-19/h1-10,17-18,20,23H,11-13H2/t17-,18+,20?. The molecule has 25 heavy (non-hydrogen) atoms. The number of piperazine rings is 1. The Balaban J connectivity index is 1.28. The van der Waals surface area contributed by atoms with E-state index in [-0.39, 0.29) is 0 Å². The third-order valence-electron chi connectivity index (χ3n) is 5.36. The third kappa shape index (κ3) is 2.88. The summed E-state index contributed by atoms with van der Waals surface area (Å²) < 4.78 is 0. The Morgan fingerprint density at radius 3 is 2.36 bits per heavy atom. The summed E-state index contributed by atoms with van der Waals surface area (Å²) in [6, 6.07) is 14.3. The van der Waals surface area contributed by atoms with Crippen LogP contribution in [-0.4, -0.2) is 40.0 Å². The van der Waals surface area contributed by atoms with Crippen molar-refractivity contribution in [1.29, 1.82) is 0 Å². The van der Waals surface area contributed by atoms with E-state index in [1.165, 1.54) is 21.7 Å². The molecule has 3 fully saturated rings. The predicted molar refractivity (Wildman–Crippen MR) is 101 cm³/mol. The number of benzene rings is 1. The zero-order valence-corrected chi connectivity index (χ0v) is 14.7. The van der Waals surface area contributed by atoms with E-state index in [2.05, 4.69) is 62.0 Å². The van der Waals surface area contributed by atoms with Gasteiger partial charge in [-0.15, -0.1) is 11.3 Å². The van der Waals surface area contributed by atoms with Crippen LogP contribution in [-0.2, 0) is 6.54 Å². The summed E-state index contributed by atoms with van der Waals surface area (Å²) >= 11 is 1.75. The molecular formula is C20H20N4S. The molecule has 3 atom stereocenters. The van der Waals surface area contributed by atoms with Crippen LogP contribution in [0.3, 0.4) is 0 Å². The van der Waals surface area contributed by atoms with E-state index in [1.54, 1.807) is 11.3 Å². The van der Waals surface area contributed by atoms with Gasteiger partial charge in [0.1, 0.15) is 5.01 Å². The highest BCUT2D eigenvalue weighted by Gasteiger charge is 2.46. The summed E-state index contributed by atoms with van der Waals surface area (Å²) in [6.45, 7) is 3.19. The number of hydrogen-bond donors (Lipinski definition) is 1. The van der Waals surface area contributed by atoms with Gasteiger partial charge >= 0.3 is 0 Å². The van der Waals surface area contributed by atoms with Crippen LogP contribution in [0.2, 0.25) is 0 Å². The molecule has 6 rings (SSSR count). The first-order chi connectivity index (χ1) is 12.4. The number of hydrogen-bond acceptors (Lipinski definition) is 5. The molecular weight excluding hydrogens is 328 g/mol. The second-order valence-electron chi connectivity index (χ2n) is 6.88. The van der Waals surface area contributed by atoms with Crippen molar-refractivity contribution in [3.8, 4) is 11.1 Å². The van der Waals surface area contributed by atoms with Crippen LogP contribution in [0, 0.1) is 0 Å². The molecule has 0 aliphatic carbocycles. The van der Waals surface area contributed by atoms with E-state index < -0.39 is 0 Å². The Labute approximate surface area is 151 Å². The minimum absolute atomic E-state index is 0.561. The van der Waals surface area contributed by atoms with Crippen molar-refractivity contribution in [3.63, 3.8) is 0 Å². The molecule has 1 aromatic carbocycles. The van der Waals surface area contributed by atoms with Crippen LogP contribution < -0.4 is 5.32 Å². The van der Waals surface area contributed by atoms with Gasteiger partial charge in [-0.05, 0) is 28.8 Å². The van der Waals surface area contributed by atoms with Gasteiger partial charge in [-0.2, -0.15) is 0 Å². The van der Waals surface area contributed by atoms with Crippen LogP contribution in [0.4, 0.5) is 0 Å². The fourth-order valence-corrected chi connectivity index (χ4v) is 4.82. The maximum atomic E-state index is 4.42. The fraction of sp³-hybridized carbons (Fsp3) is 0.300. The topological polar surface area (TPSA) is 41.1 Å². The Kier molecular flexibility index (Phi) is 3.85. The summed E-state index contributed by atoms with van der Waals surface area (Å²) in [5, 5.41) is 7.00. The van der Waals surface area contributed by atoms with Crippen LogP contribution in [0.5, 0.6) is 0 Å². The molecule has 3 aromatic rings. The Hall–Kier alpha value is -2.08. The molecule has 3 saturated heterocycles. The smallest absolute Gasteiger partial charge is 0.107 e. The van der Waals surface area contributed by atoms with E-state index in [9.17, 15) is 0 Å². The lowest BCUT2D eigenvalue weighted by Gasteiger charge is -2.54. The number of nitrogens with zero attached hydrogens (tertiary/aromatic N) is 3. The van der Waals surface area contributed by atoms with Crippen molar-refractivity contribution < 1.29 is 0 Å². The summed E-state index contributed by atoms with van der Waals surface area (Å²) in [5.74, 6) is 0.638. The van der Waals surface area contributed by atoms with Gasteiger partial charge in [0.25, 0.3) is 0 Å². The highest BCUT2D eigenvalue weighted by Crippen LogP contribution is 2.37.